The molecule has 1 unspecified atom stereocenters. The lowest BCUT2D eigenvalue weighted by molar-refractivity contribution is -0.0619. The van der Waals surface area contributed by atoms with Gasteiger partial charge in [0.2, 0.25) is 0 Å². The molecule has 3 heterocycles. The Morgan fingerprint density at radius 1 is 1.03 bits per heavy atom. The topological polar surface area (TPSA) is 50.6 Å². The van der Waals surface area contributed by atoms with E-state index in [-0.39, 0.29) is 18.5 Å². The third kappa shape index (κ3) is 3.60. The van der Waals surface area contributed by atoms with Crippen molar-refractivity contribution < 1.29 is 13.9 Å². The van der Waals surface area contributed by atoms with Crippen LogP contribution in [0.4, 0.5) is 9.18 Å². The average Bonchev–Trinajstić information content (AvgIpc) is 3.32. The summed E-state index contributed by atoms with van der Waals surface area (Å²) in [5.74, 6) is 0.702. The molecule has 2 aliphatic rings. The zero-order valence-electron chi connectivity index (χ0n) is 19.1. The van der Waals surface area contributed by atoms with Gasteiger partial charge >= 0.3 is 6.09 Å². The third-order valence-electron chi connectivity index (χ3n) is 7.50. The molecule has 0 radical (unpaired) electrons. The minimum atomic E-state index is -0.719. The average molecular weight is 449 g/mol. The molecule has 2 saturated heterocycles. The van der Waals surface area contributed by atoms with Gasteiger partial charge in [-0.1, -0.05) is 48.5 Å². The number of imidazole rings is 1. The SMILES string of the molecule is Cn1ccnc1CN1CCC2(CC1)OC(=O)N(Cc1ccccc1F)C2(C)c1ccccc1. The lowest BCUT2D eigenvalue weighted by Gasteiger charge is -2.48. The summed E-state index contributed by atoms with van der Waals surface area (Å²) < 4.78 is 22.8. The van der Waals surface area contributed by atoms with Crippen molar-refractivity contribution in [1.29, 1.82) is 0 Å². The van der Waals surface area contributed by atoms with Gasteiger partial charge in [-0.25, -0.2) is 14.2 Å². The van der Waals surface area contributed by atoms with E-state index in [1.165, 1.54) is 6.07 Å². The Labute approximate surface area is 193 Å². The van der Waals surface area contributed by atoms with Gasteiger partial charge in [0, 0.05) is 50.9 Å². The van der Waals surface area contributed by atoms with Gasteiger partial charge in [-0.2, -0.15) is 0 Å². The number of carbonyl (C=O) groups excluding carboxylic acids is 1. The number of aromatic nitrogens is 2. The van der Waals surface area contributed by atoms with E-state index in [1.54, 1.807) is 23.1 Å². The molecule has 0 N–H and O–H groups in total. The Balaban J connectivity index is 1.46. The van der Waals surface area contributed by atoms with E-state index in [0.29, 0.717) is 18.4 Å². The molecule has 0 saturated carbocycles. The standard InChI is InChI=1S/C26H29FN4O2/c1-25(21-9-4-3-5-10-21)26(12-15-30(16-13-26)19-23-28-14-17-29(23)2)33-24(32)31(25)18-20-8-6-7-11-22(20)27/h3-11,14,17H,12-13,15-16,18-19H2,1-2H3. The number of halogens is 1. The fourth-order valence-corrected chi connectivity index (χ4v) is 5.36. The lowest BCUT2D eigenvalue weighted by atomic mass is 9.70. The van der Waals surface area contributed by atoms with Crippen LogP contribution < -0.4 is 0 Å². The summed E-state index contributed by atoms with van der Waals surface area (Å²) >= 11 is 0. The summed E-state index contributed by atoms with van der Waals surface area (Å²) in [5.41, 5.74) is 0.0863. The molecule has 0 aliphatic carbocycles. The van der Waals surface area contributed by atoms with E-state index in [9.17, 15) is 9.18 Å². The van der Waals surface area contributed by atoms with E-state index in [0.717, 1.165) is 31.0 Å². The van der Waals surface area contributed by atoms with E-state index in [1.807, 2.05) is 54.3 Å². The van der Waals surface area contributed by atoms with E-state index < -0.39 is 11.1 Å². The molecule has 7 heteroatoms. The van der Waals surface area contributed by atoms with Crippen molar-refractivity contribution in [2.45, 2.75) is 44.0 Å². The Kier molecular flexibility index (Phi) is 5.44. The number of benzene rings is 2. The van der Waals surface area contributed by atoms with Gasteiger partial charge in [-0.05, 0) is 18.6 Å². The van der Waals surface area contributed by atoms with Gasteiger partial charge in [-0.15, -0.1) is 0 Å². The smallest absolute Gasteiger partial charge is 0.411 e. The van der Waals surface area contributed by atoms with Crippen LogP contribution in [0.15, 0.2) is 67.0 Å². The fraction of sp³-hybridized carbons (Fsp3) is 0.385. The molecule has 2 fully saturated rings. The molecular weight excluding hydrogens is 419 g/mol. The number of piperidine rings is 1. The van der Waals surface area contributed by atoms with Crippen molar-refractivity contribution >= 4 is 6.09 Å². The van der Waals surface area contributed by atoms with Gasteiger partial charge in [0.1, 0.15) is 22.8 Å². The Bertz CT molecular complexity index is 1140. The molecule has 2 aliphatic heterocycles. The van der Waals surface area contributed by atoms with Crippen LogP contribution in [-0.2, 0) is 30.4 Å². The largest absolute Gasteiger partial charge is 0.440 e. The van der Waals surface area contributed by atoms with Crippen LogP contribution in [0, 0.1) is 5.82 Å². The summed E-state index contributed by atoms with van der Waals surface area (Å²) in [4.78, 5) is 21.8. The van der Waals surface area contributed by atoms with Crippen molar-refractivity contribution in [2.24, 2.45) is 7.05 Å². The zero-order chi connectivity index (χ0) is 23.1. The Hall–Kier alpha value is -3.19. The molecule has 3 aromatic rings. The first-order chi connectivity index (χ1) is 15.9. The number of ether oxygens (including phenoxy) is 1. The number of aryl methyl sites for hydroxylation is 1. The second-order valence-corrected chi connectivity index (χ2v) is 9.21. The number of carbonyl (C=O) groups is 1. The van der Waals surface area contributed by atoms with Gasteiger partial charge in [0.15, 0.2) is 0 Å². The molecule has 1 atom stereocenters. The highest BCUT2D eigenvalue weighted by Gasteiger charge is 2.63. The highest BCUT2D eigenvalue weighted by molar-refractivity contribution is 5.73. The van der Waals surface area contributed by atoms with Crippen LogP contribution in [0.3, 0.4) is 0 Å². The minimum absolute atomic E-state index is 0.162. The highest BCUT2D eigenvalue weighted by Crippen LogP contribution is 2.52. The number of rotatable bonds is 5. The second-order valence-electron chi connectivity index (χ2n) is 9.21. The molecule has 1 amide bonds. The van der Waals surface area contributed by atoms with Crippen LogP contribution in [0.1, 0.15) is 36.7 Å². The Morgan fingerprint density at radius 2 is 1.73 bits per heavy atom. The van der Waals surface area contributed by atoms with Crippen molar-refractivity contribution in [1.82, 2.24) is 19.4 Å². The van der Waals surface area contributed by atoms with Crippen LogP contribution >= 0.6 is 0 Å². The molecular formula is C26H29FN4O2. The predicted molar refractivity (Wildman–Crippen MR) is 123 cm³/mol. The van der Waals surface area contributed by atoms with E-state index in [4.69, 9.17) is 4.74 Å². The third-order valence-corrected chi connectivity index (χ3v) is 7.50. The first-order valence-corrected chi connectivity index (χ1v) is 11.4. The van der Waals surface area contributed by atoms with Crippen LogP contribution in [0.2, 0.25) is 0 Å². The molecule has 0 bridgehead atoms. The van der Waals surface area contributed by atoms with Gasteiger partial charge in [-0.3, -0.25) is 9.80 Å². The number of nitrogens with zero attached hydrogens (tertiary/aromatic N) is 4. The van der Waals surface area contributed by atoms with Crippen molar-refractivity contribution in [3.63, 3.8) is 0 Å². The predicted octanol–water partition coefficient (Wildman–Crippen LogP) is 4.46. The first kappa shape index (κ1) is 21.6. The maximum absolute atomic E-state index is 14.5. The first-order valence-electron chi connectivity index (χ1n) is 11.4. The quantitative estimate of drug-likeness (QED) is 0.578. The van der Waals surface area contributed by atoms with Gasteiger partial charge in [0.05, 0.1) is 13.1 Å². The molecule has 1 spiro atoms. The van der Waals surface area contributed by atoms with Crippen molar-refractivity contribution in [3.05, 3.63) is 89.8 Å². The summed E-state index contributed by atoms with van der Waals surface area (Å²) in [6.45, 7) is 4.57. The highest BCUT2D eigenvalue weighted by atomic mass is 19.1. The zero-order valence-corrected chi connectivity index (χ0v) is 19.1. The summed E-state index contributed by atoms with van der Waals surface area (Å²) in [6.07, 6.45) is 4.77. The van der Waals surface area contributed by atoms with Gasteiger partial charge in [0.25, 0.3) is 0 Å². The fourth-order valence-electron chi connectivity index (χ4n) is 5.36. The summed E-state index contributed by atoms with van der Waals surface area (Å²) in [7, 11) is 2.00. The number of amides is 1. The summed E-state index contributed by atoms with van der Waals surface area (Å²) in [5, 5.41) is 0. The molecule has 1 aromatic heterocycles. The maximum atomic E-state index is 14.5. The lowest BCUT2D eigenvalue weighted by Crippen LogP contribution is -2.58. The number of likely N-dealkylation sites (tertiary alicyclic amines) is 1. The van der Waals surface area contributed by atoms with Crippen molar-refractivity contribution in [2.75, 3.05) is 13.1 Å². The monoisotopic (exact) mass is 448 g/mol. The summed E-state index contributed by atoms with van der Waals surface area (Å²) in [6, 6.07) is 16.6. The molecule has 5 rings (SSSR count). The maximum Gasteiger partial charge on any atom is 0.411 e. The molecule has 33 heavy (non-hydrogen) atoms. The van der Waals surface area contributed by atoms with E-state index in [2.05, 4.69) is 16.8 Å². The van der Waals surface area contributed by atoms with E-state index >= 15 is 0 Å². The minimum Gasteiger partial charge on any atom is -0.440 e. The molecule has 172 valence electrons. The van der Waals surface area contributed by atoms with Gasteiger partial charge < -0.3 is 9.30 Å². The van der Waals surface area contributed by atoms with Crippen LogP contribution in [-0.4, -0.2) is 44.1 Å². The Morgan fingerprint density at radius 3 is 2.39 bits per heavy atom. The normalized spacial score (nSPS) is 22.6. The van der Waals surface area contributed by atoms with Crippen molar-refractivity contribution in [3.8, 4) is 0 Å². The molecule has 6 nitrogen and oxygen atoms in total. The van der Waals surface area contributed by atoms with Crippen LogP contribution in [0.5, 0.6) is 0 Å². The number of hydrogen-bond acceptors (Lipinski definition) is 4. The van der Waals surface area contributed by atoms with Crippen LogP contribution in [0.25, 0.3) is 0 Å². The second kappa shape index (κ2) is 8.30. The molecule has 2 aromatic carbocycles. The number of hydrogen-bond donors (Lipinski definition) is 0.